The van der Waals surface area contributed by atoms with Crippen LogP contribution in [0.2, 0.25) is 0 Å². The molecule has 1 unspecified atom stereocenters. The summed E-state index contributed by atoms with van der Waals surface area (Å²) in [7, 11) is 2.05. The van der Waals surface area contributed by atoms with E-state index in [9.17, 15) is 0 Å². The lowest BCUT2D eigenvalue weighted by atomic mass is 10.0. The van der Waals surface area contributed by atoms with Gasteiger partial charge in [0.2, 0.25) is 0 Å². The molecular weight excluding hydrogens is 162 g/mol. The average molecular weight is 181 g/mol. The van der Waals surface area contributed by atoms with E-state index in [1.807, 2.05) is 7.05 Å². The molecule has 1 atom stereocenters. The van der Waals surface area contributed by atoms with Crippen molar-refractivity contribution in [1.82, 2.24) is 9.80 Å². The highest BCUT2D eigenvalue weighted by atomic mass is 15.2. The molecule has 1 aliphatic rings. The van der Waals surface area contributed by atoms with Crippen molar-refractivity contribution in [2.75, 3.05) is 33.2 Å². The maximum absolute atomic E-state index is 8.59. The molecule has 0 aromatic rings. The van der Waals surface area contributed by atoms with Gasteiger partial charge in [0.1, 0.15) is 0 Å². The first-order valence-corrected chi connectivity index (χ1v) is 5.07. The van der Waals surface area contributed by atoms with E-state index in [4.69, 9.17) is 5.26 Å². The zero-order chi connectivity index (χ0) is 9.68. The van der Waals surface area contributed by atoms with Crippen molar-refractivity contribution in [3.8, 4) is 6.07 Å². The van der Waals surface area contributed by atoms with Gasteiger partial charge in [0, 0.05) is 12.6 Å². The van der Waals surface area contributed by atoms with Crippen molar-refractivity contribution < 1.29 is 0 Å². The minimum atomic E-state index is 0.558. The molecule has 1 saturated heterocycles. The standard InChI is InChI=1S/C10H19N3/c1-3-13-7-4-5-10(9-13)12(2)8-6-11/h10H,3-5,7-9H2,1-2H3. The van der Waals surface area contributed by atoms with Gasteiger partial charge < -0.3 is 4.90 Å². The molecule has 3 heteroatoms. The molecule has 0 radical (unpaired) electrons. The lowest BCUT2D eigenvalue weighted by Gasteiger charge is -2.36. The van der Waals surface area contributed by atoms with Crippen LogP contribution in [0.25, 0.3) is 0 Å². The first-order chi connectivity index (χ1) is 6.27. The summed E-state index contributed by atoms with van der Waals surface area (Å²) in [5.41, 5.74) is 0. The van der Waals surface area contributed by atoms with E-state index < -0.39 is 0 Å². The normalized spacial score (nSPS) is 24.6. The van der Waals surface area contributed by atoms with Gasteiger partial charge in [-0.15, -0.1) is 0 Å². The summed E-state index contributed by atoms with van der Waals surface area (Å²) in [5.74, 6) is 0. The van der Waals surface area contributed by atoms with Crippen LogP contribution >= 0.6 is 0 Å². The van der Waals surface area contributed by atoms with Crippen molar-refractivity contribution in [3.63, 3.8) is 0 Å². The predicted octanol–water partition coefficient (Wildman–Crippen LogP) is 0.926. The minimum Gasteiger partial charge on any atom is -0.302 e. The SMILES string of the molecule is CCN1CCCC(N(C)CC#N)C1. The number of likely N-dealkylation sites (N-methyl/N-ethyl adjacent to an activating group) is 2. The van der Waals surface area contributed by atoms with Crippen LogP contribution in [0.1, 0.15) is 19.8 Å². The van der Waals surface area contributed by atoms with Gasteiger partial charge in [0.25, 0.3) is 0 Å². The fourth-order valence-corrected chi connectivity index (χ4v) is 1.92. The van der Waals surface area contributed by atoms with Crippen LogP contribution in [0.3, 0.4) is 0 Å². The van der Waals surface area contributed by atoms with Gasteiger partial charge in [-0.05, 0) is 33.0 Å². The monoisotopic (exact) mass is 181 g/mol. The van der Waals surface area contributed by atoms with Crippen molar-refractivity contribution in [2.24, 2.45) is 0 Å². The second kappa shape index (κ2) is 5.21. The topological polar surface area (TPSA) is 30.3 Å². The van der Waals surface area contributed by atoms with E-state index >= 15 is 0 Å². The van der Waals surface area contributed by atoms with Crippen molar-refractivity contribution in [2.45, 2.75) is 25.8 Å². The minimum absolute atomic E-state index is 0.558. The molecule has 0 aromatic heterocycles. The van der Waals surface area contributed by atoms with E-state index in [1.165, 1.54) is 19.4 Å². The maximum Gasteiger partial charge on any atom is 0.0866 e. The molecule has 13 heavy (non-hydrogen) atoms. The largest absolute Gasteiger partial charge is 0.302 e. The number of nitrogens with zero attached hydrogens (tertiary/aromatic N) is 3. The Morgan fingerprint density at radius 1 is 1.62 bits per heavy atom. The highest BCUT2D eigenvalue weighted by Crippen LogP contribution is 2.13. The molecule has 1 fully saturated rings. The van der Waals surface area contributed by atoms with Crippen molar-refractivity contribution in [3.05, 3.63) is 0 Å². The molecule has 0 amide bonds. The Morgan fingerprint density at radius 3 is 3.00 bits per heavy atom. The Balaban J connectivity index is 2.37. The van der Waals surface area contributed by atoms with Crippen molar-refractivity contribution >= 4 is 0 Å². The Bertz CT molecular complexity index is 185. The molecule has 0 spiro atoms. The van der Waals surface area contributed by atoms with E-state index in [1.54, 1.807) is 0 Å². The summed E-state index contributed by atoms with van der Waals surface area (Å²) in [6, 6.07) is 2.80. The maximum atomic E-state index is 8.59. The molecular formula is C10H19N3. The Morgan fingerprint density at radius 2 is 2.38 bits per heavy atom. The van der Waals surface area contributed by atoms with E-state index in [-0.39, 0.29) is 0 Å². The first-order valence-electron chi connectivity index (χ1n) is 5.07. The van der Waals surface area contributed by atoms with Crippen molar-refractivity contribution in [1.29, 1.82) is 5.26 Å². The lowest BCUT2D eigenvalue weighted by molar-refractivity contribution is 0.130. The van der Waals surface area contributed by atoms with Gasteiger partial charge in [0.15, 0.2) is 0 Å². The van der Waals surface area contributed by atoms with Crippen LogP contribution in [0.5, 0.6) is 0 Å². The molecule has 74 valence electrons. The highest BCUT2D eigenvalue weighted by molar-refractivity contribution is 4.83. The Labute approximate surface area is 80.9 Å². The highest BCUT2D eigenvalue weighted by Gasteiger charge is 2.21. The van der Waals surface area contributed by atoms with Gasteiger partial charge in [-0.1, -0.05) is 6.92 Å². The summed E-state index contributed by atoms with van der Waals surface area (Å²) in [4.78, 5) is 4.63. The van der Waals surface area contributed by atoms with Crippen LogP contribution in [0.4, 0.5) is 0 Å². The van der Waals surface area contributed by atoms with Crippen LogP contribution in [0.15, 0.2) is 0 Å². The second-order valence-corrected chi connectivity index (χ2v) is 3.76. The predicted molar refractivity (Wildman–Crippen MR) is 53.4 cm³/mol. The zero-order valence-corrected chi connectivity index (χ0v) is 8.66. The van der Waals surface area contributed by atoms with E-state index in [2.05, 4.69) is 22.8 Å². The van der Waals surface area contributed by atoms with Gasteiger partial charge in [-0.2, -0.15) is 5.26 Å². The molecule has 1 aliphatic heterocycles. The van der Waals surface area contributed by atoms with Gasteiger partial charge in [0.05, 0.1) is 12.6 Å². The first kappa shape index (κ1) is 10.5. The molecule has 0 aliphatic carbocycles. The molecule has 0 N–H and O–H groups in total. The third kappa shape index (κ3) is 2.98. The molecule has 1 heterocycles. The smallest absolute Gasteiger partial charge is 0.0866 e. The molecule has 3 nitrogen and oxygen atoms in total. The van der Waals surface area contributed by atoms with Gasteiger partial charge >= 0.3 is 0 Å². The number of rotatable bonds is 3. The fraction of sp³-hybridized carbons (Fsp3) is 0.900. The summed E-state index contributed by atoms with van der Waals surface area (Å²) >= 11 is 0. The van der Waals surface area contributed by atoms with Crippen LogP contribution in [-0.2, 0) is 0 Å². The Kier molecular flexibility index (Phi) is 4.20. The molecule has 0 aromatic carbocycles. The number of hydrogen-bond acceptors (Lipinski definition) is 3. The Hall–Kier alpha value is -0.590. The van der Waals surface area contributed by atoms with Crippen LogP contribution in [-0.4, -0.2) is 49.1 Å². The molecule has 1 rings (SSSR count). The third-order valence-corrected chi connectivity index (χ3v) is 2.87. The number of piperidine rings is 1. The lowest BCUT2D eigenvalue weighted by Crippen LogP contribution is -2.46. The average Bonchev–Trinajstić information content (AvgIpc) is 2.18. The van der Waals surface area contributed by atoms with E-state index in [0.29, 0.717) is 12.6 Å². The quantitative estimate of drug-likeness (QED) is 0.607. The fourth-order valence-electron chi connectivity index (χ4n) is 1.92. The molecule has 0 bridgehead atoms. The van der Waals surface area contributed by atoms with Crippen LogP contribution < -0.4 is 0 Å². The number of nitriles is 1. The summed E-state index contributed by atoms with van der Waals surface area (Å²) < 4.78 is 0. The van der Waals surface area contributed by atoms with Crippen LogP contribution in [0, 0.1) is 11.3 Å². The summed E-state index contributed by atoms with van der Waals surface area (Å²) in [6.07, 6.45) is 2.52. The summed E-state index contributed by atoms with van der Waals surface area (Å²) in [5, 5.41) is 8.59. The van der Waals surface area contributed by atoms with E-state index in [0.717, 1.165) is 13.1 Å². The zero-order valence-electron chi connectivity index (χ0n) is 8.66. The molecule has 0 saturated carbocycles. The third-order valence-electron chi connectivity index (χ3n) is 2.87. The van der Waals surface area contributed by atoms with Gasteiger partial charge in [-0.25, -0.2) is 0 Å². The number of hydrogen-bond donors (Lipinski definition) is 0. The second-order valence-electron chi connectivity index (χ2n) is 3.76. The summed E-state index contributed by atoms with van der Waals surface area (Å²) in [6.45, 7) is 6.26. The number of likely N-dealkylation sites (tertiary alicyclic amines) is 1. The van der Waals surface area contributed by atoms with Gasteiger partial charge in [-0.3, -0.25) is 4.90 Å².